The van der Waals surface area contributed by atoms with E-state index in [1.807, 2.05) is 25.2 Å². The first kappa shape index (κ1) is 16.6. The molecule has 1 atom stereocenters. The van der Waals surface area contributed by atoms with Gasteiger partial charge in [-0.25, -0.2) is 0 Å². The maximum Gasteiger partial charge on any atom is 0.225 e. The number of benzene rings is 1. The summed E-state index contributed by atoms with van der Waals surface area (Å²) in [6, 6.07) is 8.02. The number of aryl methyl sites for hydroxylation is 2. The molecule has 0 fully saturated rings. The maximum absolute atomic E-state index is 12.4. The Balaban J connectivity index is 1.58. The van der Waals surface area contributed by atoms with Gasteiger partial charge in [0.25, 0.3) is 0 Å². The van der Waals surface area contributed by atoms with Gasteiger partial charge in [0.2, 0.25) is 5.91 Å². The maximum atomic E-state index is 12.4. The third-order valence-corrected chi connectivity index (χ3v) is 4.58. The molecule has 1 heterocycles. The Morgan fingerprint density at radius 3 is 3.04 bits per heavy atom. The van der Waals surface area contributed by atoms with E-state index in [9.17, 15) is 4.79 Å². The molecule has 1 aliphatic carbocycles. The van der Waals surface area contributed by atoms with Crippen molar-refractivity contribution in [2.45, 2.75) is 39.0 Å². The Morgan fingerprint density at radius 2 is 2.25 bits per heavy atom. The molecule has 1 aliphatic rings. The van der Waals surface area contributed by atoms with Gasteiger partial charge in [-0.1, -0.05) is 19.1 Å². The standard InChI is InChI=1S/C19H25N3O2/c1-13(10-14-6-4-7-15(12-14)24-3)11-18(23)20-19-16-8-5-9-17(16)21-22(19)2/h4,6-7,12-13H,5,8-11H2,1-3H3,(H,20,23). The molecule has 5 heteroatoms. The number of methoxy groups -OCH3 is 1. The molecule has 3 rings (SSSR count). The van der Waals surface area contributed by atoms with Crippen LogP contribution in [0.4, 0.5) is 5.82 Å². The van der Waals surface area contributed by atoms with Crippen LogP contribution < -0.4 is 10.1 Å². The number of carbonyl (C=O) groups excluding carboxylic acids is 1. The molecule has 0 bridgehead atoms. The molecule has 1 amide bonds. The Labute approximate surface area is 143 Å². The van der Waals surface area contributed by atoms with Crippen molar-refractivity contribution >= 4 is 11.7 Å². The van der Waals surface area contributed by atoms with Crippen molar-refractivity contribution in [2.75, 3.05) is 12.4 Å². The first-order chi connectivity index (χ1) is 11.6. The molecule has 1 unspecified atom stereocenters. The van der Waals surface area contributed by atoms with Crippen molar-refractivity contribution in [2.24, 2.45) is 13.0 Å². The van der Waals surface area contributed by atoms with Crippen LogP contribution in [0.1, 0.15) is 36.6 Å². The summed E-state index contributed by atoms with van der Waals surface area (Å²) in [7, 11) is 3.57. The normalized spacial score (nSPS) is 14.3. The molecule has 5 nitrogen and oxygen atoms in total. The molecule has 0 saturated heterocycles. The molecular weight excluding hydrogens is 302 g/mol. The molecule has 1 aromatic carbocycles. The monoisotopic (exact) mass is 327 g/mol. The number of aromatic nitrogens is 2. The predicted octanol–water partition coefficient (Wildman–Crippen LogP) is 3.12. The van der Waals surface area contributed by atoms with E-state index in [1.54, 1.807) is 11.8 Å². The van der Waals surface area contributed by atoms with Crippen LogP contribution in [0, 0.1) is 5.92 Å². The van der Waals surface area contributed by atoms with Crippen molar-refractivity contribution in [1.29, 1.82) is 0 Å². The van der Waals surface area contributed by atoms with Crippen LogP contribution >= 0.6 is 0 Å². The zero-order chi connectivity index (χ0) is 17.1. The van der Waals surface area contributed by atoms with Gasteiger partial charge in [-0.05, 0) is 49.3 Å². The van der Waals surface area contributed by atoms with Crippen molar-refractivity contribution in [3.63, 3.8) is 0 Å². The van der Waals surface area contributed by atoms with E-state index in [1.165, 1.54) is 11.1 Å². The minimum absolute atomic E-state index is 0.0584. The van der Waals surface area contributed by atoms with Gasteiger partial charge in [-0.3, -0.25) is 9.48 Å². The van der Waals surface area contributed by atoms with Gasteiger partial charge in [-0.15, -0.1) is 0 Å². The minimum atomic E-state index is 0.0584. The van der Waals surface area contributed by atoms with E-state index >= 15 is 0 Å². The number of fused-ring (bicyclic) bond motifs is 1. The third-order valence-electron chi connectivity index (χ3n) is 4.58. The first-order valence-electron chi connectivity index (χ1n) is 8.54. The molecule has 24 heavy (non-hydrogen) atoms. The van der Waals surface area contributed by atoms with E-state index in [0.29, 0.717) is 6.42 Å². The van der Waals surface area contributed by atoms with Crippen LogP contribution in [-0.2, 0) is 31.1 Å². The molecule has 1 N–H and O–H groups in total. The highest BCUT2D eigenvalue weighted by atomic mass is 16.5. The lowest BCUT2D eigenvalue weighted by Gasteiger charge is -2.13. The highest BCUT2D eigenvalue weighted by molar-refractivity contribution is 5.91. The SMILES string of the molecule is COc1cccc(CC(C)CC(=O)Nc2c3c(nn2C)CCC3)c1. The zero-order valence-corrected chi connectivity index (χ0v) is 14.6. The average molecular weight is 327 g/mol. The Morgan fingerprint density at radius 1 is 1.42 bits per heavy atom. The van der Waals surface area contributed by atoms with Crippen LogP contribution in [0.15, 0.2) is 24.3 Å². The van der Waals surface area contributed by atoms with Gasteiger partial charge >= 0.3 is 0 Å². The average Bonchev–Trinajstić information content (AvgIpc) is 3.10. The molecule has 2 aromatic rings. The van der Waals surface area contributed by atoms with Gasteiger partial charge in [0.1, 0.15) is 11.6 Å². The van der Waals surface area contributed by atoms with E-state index in [0.717, 1.165) is 42.9 Å². The summed E-state index contributed by atoms with van der Waals surface area (Å²) in [5, 5.41) is 7.56. The predicted molar refractivity (Wildman–Crippen MR) is 94.3 cm³/mol. The fraction of sp³-hybridized carbons (Fsp3) is 0.474. The summed E-state index contributed by atoms with van der Waals surface area (Å²) in [5.41, 5.74) is 3.54. The molecule has 0 aliphatic heterocycles. The van der Waals surface area contributed by atoms with Crippen molar-refractivity contribution in [3.05, 3.63) is 41.1 Å². The molecule has 128 valence electrons. The zero-order valence-electron chi connectivity index (χ0n) is 14.6. The molecule has 0 saturated carbocycles. The van der Waals surface area contributed by atoms with Crippen LogP contribution in [0.25, 0.3) is 0 Å². The molecule has 0 radical (unpaired) electrons. The first-order valence-corrected chi connectivity index (χ1v) is 8.54. The van der Waals surface area contributed by atoms with E-state index in [-0.39, 0.29) is 11.8 Å². The van der Waals surface area contributed by atoms with Gasteiger partial charge in [0.05, 0.1) is 12.8 Å². The second-order valence-corrected chi connectivity index (χ2v) is 6.66. The number of nitrogens with one attached hydrogen (secondary N) is 1. The molecule has 0 spiro atoms. The lowest BCUT2D eigenvalue weighted by Crippen LogP contribution is -2.19. The molecular formula is C19H25N3O2. The number of amides is 1. The lowest BCUT2D eigenvalue weighted by molar-refractivity contribution is -0.117. The summed E-state index contributed by atoms with van der Waals surface area (Å²) in [6.07, 6.45) is 4.52. The largest absolute Gasteiger partial charge is 0.497 e. The van der Waals surface area contributed by atoms with E-state index in [4.69, 9.17) is 4.74 Å². The summed E-state index contributed by atoms with van der Waals surface area (Å²) >= 11 is 0. The number of nitrogens with zero attached hydrogens (tertiary/aromatic N) is 2. The number of carbonyl (C=O) groups is 1. The quantitative estimate of drug-likeness (QED) is 0.887. The smallest absolute Gasteiger partial charge is 0.225 e. The van der Waals surface area contributed by atoms with Crippen LogP contribution in [-0.4, -0.2) is 22.8 Å². The van der Waals surface area contributed by atoms with Gasteiger partial charge in [0.15, 0.2) is 0 Å². The van der Waals surface area contributed by atoms with Gasteiger partial charge in [-0.2, -0.15) is 5.10 Å². The number of rotatable bonds is 6. The van der Waals surface area contributed by atoms with Crippen LogP contribution in [0.2, 0.25) is 0 Å². The summed E-state index contributed by atoms with van der Waals surface area (Å²) in [5.74, 6) is 2.05. The minimum Gasteiger partial charge on any atom is -0.497 e. The summed E-state index contributed by atoms with van der Waals surface area (Å²) < 4.78 is 7.05. The third kappa shape index (κ3) is 3.61. The fourth-order valence-corrected chi connectivity index (χ4v) is 3.45. The second-order valence-electron chi connectivity index (χ2n) is 6.66. The van der Waals surface area contributed by atoms with Crippen molar-refractivity contribution in [3.8, 4) is 5.75 Å². The number of ether oxygens (including phenoxy) is 1. The Hall–Kier alpha value is -2.30. The second kappa shape index (κ2) is 7.07. The topological polar surface area (TPSA) is 56.1 Å². The molecule has 1 aromatic heterocycles. The fourth-order valence-electron chi connectivity index (χ4n) is 3.45. The Bertz CT molecular complexity index is 736. The number of hydrogen-bond acceptors (Lipinski definition) is 3. The Kier molecular flexibility index (Phi) is 4.88. The summed E-state index contributed by atoms with van der Waals surface area (Å²) in [4.78, 5) is 12.4. The van der Waals surface area contributed by atoms with E-state index < -0.39 is 0 Å². The highest BCUT2D eigenvalue weighted by Crippen LogP contribution is 2.28. The lowest BCUT2D eigenvalue weighted by atomic mass is 9.97. The van der Waals surface area contributed by atoms with Crippen LogP contribution in [0.3, 0.4) is 0 Å². The van der Waals surface area contributed by atoms with Crippen molar-refractivity contribution in [1.82, 2.24) is 9.78 Å². The van der Waals surface area contributed by atoms with Crippen LogP contribution in [0.5, 0.6) is 5.75 Å². The van der Waals surface area contributed by atoms with Gasteiger partial charge < -0.3 is 10.1 Å². The summed E-state index contributed by atoms with van der Waals surface area (Å²) in [6.45, 7) is 2.10. The van der Waals surface area contributed by atoms with Crippen molar-refractivity contribution < 1.29 is 9.53 Å². The van der Waals surface area contributed by atoms with E-state index in [2.05, 4.69) is 23.4 Å². The number of hydrogen-bond donors (Lipinski definition) is 1. The van der Waals surface area contributed by atoms with Gasteiger partial charge in [0, 0.05) is 19.0 Å². The highest BCUT2D eigenvalue weighted by Gasteiger charge is 2.22. The number of anilines is 1.